The maximum absolute atomic E-state index is 13.9. The first-order chi connectivity index (χ1) is 16.7. The highest BCUT2D eigenvalue weighted by atomic mass is 16.5. The maximum atomic E-state index is 13.9. The second kappa shape index (κ2) is 8.57. The monoisotopic (exact) mass is 453 g/mol. The number of amides is 1. The Labute approximate surface area is 198 Å². The van der Waals surface area contributed by atoms with Gasteiger partial charge in [0.15, 0.2) is 0 Å². The Bertz CT molecular complexity index is 1360. The number of anilines is 3. The second-order valence-corrected chi connectivity index (χ2v) is 9.10. The highest BCUT2D eigenvalue weighted by Crippen LogP contribution is 2.40. The van der Waals surface area contributed by atoms with Crippen LogP contribution in [0, 0.1) is 5.92 Å². The third-order valence-electron chi connectivity index (χ3n) is 7.16. The Morgan fingerprint density at radius 2 is 1.94 bits per heavy atom. The van der Waals surface area contributed by atoms with Gasteiger partial charge in [-0.05, 0) is 67.1 Å². The van der Waals surface area contributed by atoms with Crippen molar-refractivity contribution in [3.8, 4) is 11.1 Å². The van der Waals surface area contributed by atoms with E-state index in [0.29, 0.717) is 6.54 Å². The molecular formula is C27H27N5O2. The molecule has 4 aromatic rings. The van der Waals surface area contributed by atoms with Crippen molar-refractivity contribution in [1.82, 2.24) is 15.0 Å². The zero-order valence-corrected chi connectivity index (χ0v) is 19.1. The molecule has 0 unspecified atom stereocenters. The number of methoxy groups -OCH3 is 1. The summed E-state index contributed by atoms with van der Waals surface area (Å²) < 4.78 is 5.53. The predicted octanol–water partition coefficient (Wildman–Crippen LogP) is 5.42. The van der Waals surface area contributed by atoms with Gasteiger partial charge in [-0.2, -0.15) is 0 Å². The third kappa shape index (κ3) is 3.62. The van der Waals surface area contributed by atoms with Crippen LogP contribution in [-0.2, 0) is 16.1 Å². The molecule has 1 aliphatic carbocycles. The average Bonchev–Trinajstić information content (AvgIpc) is 3.31. The van der Waals surface area contributed by atoms with E-state index in [2.05, 4.69) is 38.5 Å². The fourth-order valence-corrected chi connectivity index (χ4v) is 5.27. The van der Waals surface area contributed by atoms with Gasteiger partial charge < -0.3 is 19.9 Å². The number of rotatable bonds is 3. The number of H-pyrrole nitrogens is 1. The van der Waals surface area contributed by atoms with Crippen LogP contribution in [0.4, 0.5) is 17.2 Å². The van der Waals surface area contributed by atoms with Gasteiger partial charge in [-0.3, -0.25) is 4.79 Å². The molecule has 172 valence electrons. The van der Waals surface area contributed by atoms with Crippen LogP contribution < -0.4 is 10.2 Å². The van der Waals surface area contributed by atoms with Gasteiger partial charge in [-0.1, -0.05) is 12.1 Å². The molecule has 0 radical (unpaired) electrons. The van der Waals surface area contributed by atoms with Crippen LogP contribution in [0.15, 0.2) is 61.1 Å². The van der Waals surface area contributed by atoms with Gasteiger partial charge >= 0.3 is 0 Å². The van der Waals surface area contributed by atoms with Gasteiger partial charge in [0, 0.05) is 42.6 Å². The standard InChI is InChI=1S/C27H27N5O2/c1-34-20-7-4-17(5-8-20)27(33)32-16-19-3-2-12-28-25(19)31-23-9-6-18(15-24(23)32)21-10-13-29-26-22(21)11-14-30-26/h2-3,6,9-15,17,20H,4-5,7-8,16H2,1H3,(H,28,31)(H,29,30). The maximum Gasteiger partial charge on any atom is 0.230 e. The van der Waals surface area contributed by atoms with Crippen LogP contribution in [0.3, 0.4) is 0 Å². The molecule has 4 heterocycles. The molecule has 0 bridgehead atoms. The number of fused-ring (bicyclic) bond motifs is 3. The number of carbonyl (C=O) groups excluding carboxylic acids is 1. The smallest absolute Gasteiger partial charge is 0.230 e. The Morgan fingerprint density at radius 3 is 2.79 bits per heavy atom. The van der Waals surface area contributed by atoms with Crippen LogP contribution in [0.25, 0.3) is 22.2 Å². The molecule has 1 aromatic carbocycles. The van der Waals surface area contributed by atoms with Gasteiger partial charge in [0.2, 0.25) is 5.91 Å². The van der Waals surface area contributed by atoms with E-state index in [0.717, 1.165) is 70.6 Å². The van der Waals surface area contributed by atoms with Crippen molar-refractivity contribution in [2.45, 2.75) is 38.3 Å². The molecule has 2 aliphatic rings. The average molecular weight is 454 g/mol. The Balaban J connectivity index is 1.43. The zero-order chi connectivity index (χ0) is 23.1. The summed E-state index contributed by atoms with van der Waals surface area (Å²) in [6.07, 6.45) is 9.31. The summed E-state index contributed by atoms with van der Waals surface area (Å²) >= 11 is 0. The van der Waals surface area contributed by atoms with E-state index < -0.39 is 0 Å². The van der Waals surface area contributed by atoms with Gasteiger partial charge in [0.05, 0.1) is 24.0 Å². The lowest BCUT2D eigenvalue weighted by Gasteiger charge is -2.32. The van der Waals surface area contributed by atoms with Gasteiger partial charge in [-0.15, -0.1) is 0 Å². The van der Waals surface area contributed by atoms with Gasteiger partial charge in [0.1, 0.15) is 11.5 Å². The minimum Gasteiger partial charge on any atom is -0.381 e. The lowest BCUT2D eigenvalue weighted by Crippen LogP contribution is -2.38. The molecular weight excluding hydrogens is 426 g/mol. The lowest BCUT2D eigenvalue weighted by molar-refractivity contribution is -0.124. The normalized spacial score (nSPS) is 19.7. The Morgan fingerprint density at radius 1 is 1.06 bits per heavy atom. The molecule has 1 aliphatic heterocycles. The number of ether oxygens (including phenoxy) is 1. The highest BCUT2D eigenvalue weighted by Gasteiger charge is 2.33. The van der Waals surface area contributed by atoms with Crippen molar-refractivity contribution in [2.24, 2.45) is 5.92 Å². The van der Waals surface area contributed by atoms with Crippen LogP contribution in [0.2, 0.25) is 0 Å². The second-order valence-electron chi connectivity index (χ2n) is 9.10. The molecule has 1 saturated carbocycles. The Hall–Kier alpha value is -3.71. The quantitative estimate of drug-likeness (QED) is 0.433. The fourth-order valence-electron chi connectivity index (χ4n) is 5.27. The van der Waals surface area contributed by atoms with Crippen molar-refractivity contribution in [3.63, 3.8) is 0 Å². The molecule has 0 saturated heterocycles. The molecule has 6 rings (SSSR count). The van der Waals surface area contributed by atoms with Crippen molar-refractivity contribution in [2.75, 3.05) is 17.3 Å². The number of hydrogen-bond acceptors (Lipinski definition) is 5. The summed E-state index contributed by atoms with van der Waals surface area (Å²) in [6, 6.07) is 14.3. The molecule has 1 fully saturated rings. The molecule has 3 aromatic heterocycles. The fraction of sp³-hybridized carbons (Fsp3) is 0.296. The highest BCUT2D eigenvalue weighted by molar-refractivity contribution is 6.02. The summed E-state index contributed by atoms with van der Waals surface area (Å²) in [5.74, 6) is 0.971. The molecule has 34 heavy (non-hydrogen) atoms. The van der Waals surface area contributed by atoms with Crippen molar-refractivity contribution in [1.29, 1.82) is 0 Å². The summed E-state index contributed by atoms with van der Waals surface area (Å²) in [6.45, 7) is 0.492. The van der Waals surface area contributed by atoms with Gasteiger partial charge in [0.25, 0.3) is 0 Å². The topological polar surface area (TPSA) is 83.1 Å². The minimum atomic E-state index is -0.00145. The zero-order valence-electron chi connectivity index (χ0n) is 19.1. The van der Waals surface area contributed by atoms with Crippen molar-refractivity contribution >= 4 is 34.1 Å². The largest absolute Gasteiger partial charge is 0.381 e. The van der Waals surface area contributed by atoms with Crippen LogP contribution in [-0.4, -0.2) is 34.1 Å². The summed E-state index contributed by atoms with van der Waals surface area (Å²) in [4.78, 5) is 28.0. The molecule has 0 spiro atoms. The van der Waals surface area contributed by atoms with Gasteiger partial charge in [-0.25, -0.2) is 9.97 Å². The van der Waals surface area contributed by atoms with Crippen molar-refractivity contribution < 1.29 is 9.53 Å². The first-order valence-electron chi connectivity index (χ1n) is 11.8. The van der Waals surface area contributed by atoms with Crippen LogP contribution in [0.5, 0.6) is 0 Å². The molecule has 1 amide bonds. The van der Waals surface area contributed by atoms with E-state index in [9.17, 15) is 4.79 Å². The summed E-state index contributed by atoms with van der Waals surface area (Å²) in [7, 11) is 1.76. The molecule has 2 N–H and O–H groups in total. The number of aromatic nitrogens is 3. The van der Waals surface area contributed by atoms with Crippen LogP contribution >= 0.6 is 0 Å². The number of benzene rings is 1. The summed E-state index contributed by atoms with van der Waals surface area (Å²) in [5.41, 5.74) is 5.77. The minimum absolute atomic E-state index is 0.00145. The van der Waals surface area contributed by atoms with E-state index in [1.165, 1.54) is 0 Å². The van der Waals surface area contributed by atoms with E-state index in [1.54, 1.807) is 13.3 Å². The van der Waals surface area contributed by atoms with E-state index in [-0.39, 0.29) is 17.9 Å². The van der Waals surface area contributed by atoms with E-state index in [4.69, 9.17) is 4.74 Å². The number of nitrogens with one attached hydrogen (secondary N) is 2. The number of pyridine rings is 2. The lowest BCUT2D eigenvalue weighted by atomic mass is 9.86. The van der Waals surface area contributed by atoms with Crippen LogP contribution in [0.1, 0.15) is 31.2 Å². The van der Waals surface area contributed by atoms with E-state index in [1.807, 2.05) is 41.6 Å². The first kappa shape index (κ1) is 20.9. The van der Waals surface area contributed by atoms with E-state index >= 15 is 0 Å². The Kier molecular flexibility index (Phi) is 5.26. The number of aromatic amines is 1. The first-order valence-corrected chi connectivity index (χ1v) is 11.8. The number of hydrogen-bond donors (Lipinski definition) is 2. The number of nitrogens with zero attached hydrogens (tertiary/aromatic N) is 3. The SMILES string of the molecule is COC1CCC(C(=O)N2Cc3cccnc3Nc3ccc(-c4ccnc5[nH]ccc45)cc32)CC1. The molecule has 0 atom stereocenters. The molecule has 7 nitrogen and oxygen atoms in total. The summed E-state index contributed by atoms with van der Waals surface area (Å²) in [5, 5.41) is 4.53. The number of carbonyl (C=O) groups is 1. The predicted molar refractivity (Wildman–Crippen MR) is 133 cm³/mol. The van der Waals surface area contributed by atoms with Crippen molar-refractivity contribution in [3.05, 3.63) is 66.6 Å². The molecule has 7 heteroatoms. The third-order valence-corrected chi connectivity index (χ3v) is 7.16.